The van der Waals surface area contributed by atoms with Crippen LogP contribution in [0.25, 0.3) is 0 Å². The fourth-order valence-corrected chi connectivity index (χ4v) is 1.21. The molecule has 0 bridgehead atoms. The monoisotopic (exact) mass is 278 g/mol. The average molecular weight is 278 g/mol. The first-order chi connectivity index (χ1) is 9.67. The van der Waals surface area contributed by atoms with Crippen LogP contribution in [0.2, 0.25) is 0 Å². The van der Waals surface area contributed by atoms with Crippen LogP contribution in [0.1, 0.15) is 12.5 Å². The Labute approximate surface area is 116 Å². The van der Waals surface area contributed by atoms with E-state index in [0.717, 1.165) is 5.56 Å². The summed E-state index contributed by atoms with van der Waals surface area (Å²) in [5, 5.41) is 8.70. The van der Waals surface area contributed by atoms with Crippen molar-refractivity contribution in [3.05, 3.63) is 35.9 Å². The number of nitrogens with one attached hydrogen (secondary N) is 1. The molecule has 0 radical (unpaired) electrons. The molecule has 0 heterocycles. The molecule has 0 aliphatic rings. The van der Waals surface area contributed by atoms with E-state index in [2.05, 4.69) is 9.57 Å². The van der Waals surface area contributed by atoms with Gasteiger partial charge in [0.1, 0.15) is 6.61 Å². The second kappa shape index (κ2) is 8.50. The predicted octanol–water partition coefficient (Wildman–Crippen LogP) is 1.30. The molecule has 1 atom stereocenters. The fraction of sp³-hybridized carbons (Fsp3) is 0.308. The Kier molecular flexibility index (Phi) is 6.57. The Bertz CT molecular complexity index is 483. The van der Waals surface area contributed by atoms with E-state index in [4.69, 9.17) is 10.00 Å². The number of carbonyl (C=O) groups excluding carboxylic acids is 2. The lowest BCUT2D eigenvalue weighted by molar-refractivity contribution is -0.146. The topological polar surface area (TPSA) is 97.7 Å². The van der Waals surface area contributed by atoms with E-state index in [0.29, 0.717) is 0 Å². The molecule has 0 fully saturated rings. The van der Waals surface area contributed by atoms with Crippen LogP contribution in [0.3, 0.4) is 0 Å². The molecule has 1 rings (SSSR count). The Balaban J connectivity index is 2.32. The van der Waals surface area contributed by atoms with Gasteiger partial charge in [0.25, 0.3) is 0 Å². The zero-order chi connectivity index (χ0) is 14.8. The second-order valence-corrected chi connectivity index (χ2v) is 3.56. The smallest absolute Gasteiger partial charge is 0.464 e. The van der Waals surface area contributed by atoms with Crippen molar-refractivity contribution in [3.63, 3.8) is 0 Å². The molecule has 0 saturated heterocycles. The molecule has 0 aromatic heterocycles. The number of carbonyl (C=O) groups is 2. The Morgan fingerprint density at radius 3 is 2.60 bits per heavy atom. The molecule has 7 nitrogen and oxygen atoms in total. The maximum Gasteiger partial charge on any atom is 0.528 e. The van der Waals surface area contributed by atoms with Gasteiger partial charge in [-0.25, -0.2) is 9.59 Å². The van der Waals surface area contributed by atoms with Crippen LogP contribution in [0, 0.1) is 11.3 Å². The highest BCUT2D eigenvalue weighted by Gasteiger charge is 2.21. The average Bonchev–Trinajstić information content (AvgIpc) is 2.47. The van der Waals surface area contributed by atoms with Crippen LogP contribution in [0.5, 0.6) is 0 Å². The predicted molar refractivity (Wildman–Crippen MR) is 66.9 cm³/mol. The minimum absolute atomic E-state index is 0.0258. The van der Waals surface area contributed by atoms with Crippen LogP contribution in [0.4, 0.5) is 4.79 Å². The molecule has 1 aromatic carbocycles. The first-order valence-corrected chi connectivity index (χ1v) is 5.86. The molecule has 1 unspecified atom stereocenters. The fourth-order valence-electron chi connectivity index (χ4n) is 1.21. The summed E-state index contributed by atoms with van der Waals surface area (Å²) in [5.41, 5.74) is 2.76. The number of hydrogen-bond acceptors (Lipinski definition) is 7. The van der Waals surface area contributed by atoms with E-state index in [1.54, 1.807) is 37.3 Å². The van der Waals surface area contributed by atoms with E-state index in [-0.39, 0.29) is 13.2 Å². The maximum absolute atomic E-state index is 11.2. The third-order valence-electron chi connectivity index (χ3n) is 2.11. The number of rotatable bonds is 6. The van der Waals surface area contributed by atoms with Gasteiger partial charge in [-0.15, -0.1) is 5.48 Å². The molecule has 1 N–H and O–H groups in total. The molecule has 106 valence electrons. The second-order valence-electron chi connectivity index (χ2n) is 3.56. The summed E-state index contributed by atoms with van der Waals surface area (Å²) in [6, 6.07) is 9.19. The Morgan fingerprint density at radius 2 is 2.00 bits per heavy atom. The SMILES string of the molecule is CCOC(=O)C(C#N)NOC(=O)OCc1ccccc1. The summed E-state index contributed by atoms with van der Waals surface area (Å²) in [4.78, 5) is 26.9. The molecule has 0 aliphatic heterocycles. The molecular formula is C13H14N2O5. The normalized spacial score (nSPS) is 11.0. The number of esters is 1. The van der Waals surface area contributed by atoms with Crippen molar-refractivity contribution in [1.29, 1.82) is 5.26 Å². The summed E-state index contributed by atoms with van der Waals surface area (Å²) in [5.74, 6) is -0.828. The van der Waals surface area contributed by atoms with E-state index in [9.17, 15) is 9.59 Å². The molecule has 0 spiro atoms. The van der Waals surface area contributed by atoms with E-state index in [1.165, 1.54) is 0 Å². The lowest BCUT2D eigenvalue weighted by atomic mass is 10.2. The Morgan fingerprint density at radius 1 is 1.30 bits per heavy atom. The van der Waals surface area contributed by atoms with Gasteiger partial charge >= 0.3 is 12.1 Å². The van der Waals surface area contributed by atoms with Gasteiger partial charge in [-0.3, -0.25) is 0 Å². The van der Waals surface area contributed by atoms with Gasteiger partial charge < -0.3 is 14.3 Å². The Hall–Kier alpha value is -2.59. The molecule has 0 amide bonds. The van der Waals surface area contributed by atoms with Gasteiger partial charge in [0.2, 0.25) is 6.04 Å². The van der Waals surface area contributed by atoms with Crippen LogP contribution in [-0.2, 0) is 25.7 Å². The van der Waals surface area contributed by atoms with Gasteiger partial charge in [-0.2, -0.15) is 5.26 Å². The van der Waals surface area contributed by atoms with Gasteiger partial charge in [-0.1, -0.05) is 30.3 Å². The van der Waals surface area contributed by atoms with Gasteiger partial charge in [0.05, 0.1) is 12.7 Å². The molecule has 0 saturated carbocycles. The minimum Gasteiger partial charge on any atom is -0.464 e. The summed E-state index contributed by atoms with van der Waals surface area (Å²) in [6.45, 7) is 1.75. The maximum atomic E-state index is 11.2. The quantitative estimate of drug-likeness (QED) is 0.618. The lowest BCUT2D eigenvalue weighted by Crippen LogP contribution is -2.38. The first kappa shape index (κ1) is 15.5. The third kappa shape index (κ3) is 5.37. The number of nitrogens with zero attached hydrogens (tertiary/aromatic N) is 1. The van der Waals surface area contributed by atoms with Crippen molar-refractivity contribution >= 4 is 12.1 Å². The number of hydroxylamine groups is 1. The molecule has 1 aromatic rings. The highest BCUT2D eigenvalue weighted by Crippen LogP contribution is 2.01. The van der Waals surface area contributed by atoms with E-state index < -0.39 is 18.2 Å². The number of ether oxygens (including phenoxy) is 2. The molecule has 7 heteroatoms. The van der Waals surface area contributed by atoms with Crippen LogP contribution in [-0.4, -0.2) is 24.8 Å². The largest absolute Gasteiger partial charge is 0.528 e. The van der Waals surface area contributed by atoms with Crippen molar-refractivity contribution in [2.45, 2.75) is 19.6 Å². The van der Waals surface area contributed by atoms with E-state index in [1.807, 2.05) is 11.5 Å². The van der Waals surface area contributed by atoms with Crippen molar-refractivity contribution in [2.75, 3.05) is 6.61 Å². The first-order valence-electron chi connectivity index (χ1n) is 5.86. The highest BCUT2D eigenvalue weighted by molar-refractivity contribution is 5.78. The van der Waals surface area contributed by atoms with Gasteiger partial charge in [0.15, 0.2) is 0 Å². The summed E-state index contributed by atoms with van der Waals surface area (Å²) in [7, 11) is 0. The van der Waals surface area contributed by atoms with Crippen LogP contribution < -0.4 is 5.48 Å². The van der Waals surface area contributed by atoms with Crippen molar-refractivity contribution in [3.8, 4) is 6.07 Å². The lowest BCUT2D eigenvalue weighted by Gasteiger charge is -2.10. The van der Waals surface area contributed by atoms with Gasteiger partial charge in [-0.05, 0) is 12.5 Å². The van der Waals surface area contributed by atoms with Crippen LogP contribution >= 0.6 is 0 Å². The third-order valence-corrected chi connectivity index (χ3v) is 2.11. The van der Waals surface area contributed by atoms with Crippen molar-refractivity contribution in [1.82, 2.24) is 5.48 Å². The zero-order valence-corrected chi connectivity index (χ0v) is 10.9. The molecular weight excluding hydrogens is 264 g/mol. The van der Waals surface area contributed by atoms with Gasteiger partial charge in [0, 0.05) is 0 Å². The highest BCUT2D eigenvalue weighted by atomic mass is 16.8. The van der Waals surface area contributed by atoms with Crippen molar-refractivity contribution in [2.24, 2.45) is 0 Å². The number of benzene rings is 1. The number of hydrogen-bond donors (Lipinski definition) is 1. The molecule has 20 heavy (non-hydrogen) atoms. The van der Waals surface area contributed by atoms with E-state index >= 15 is 0 Å². The summed E-state index contributed by atoms with van der Waals surface area (Å²) >= 11 is 0. The van der Waals surface area contributed by atoms with Crippen LogP contribution in [0.15, 0.2) is 30.3 Å². The standard InChI is InChI=1S/C13H14N2O5/c1-2-18-12(16)11(8-14)15-20-13(17)19-9-10-6-4-3-5-7-10/h3-7,11,15H,2,9H2,1H3. The summed E-state index contributed by atoms with van der Waals surface area (Å²) < 4.78 is 9.38. The zero-order valence-electron chi connectivity index (χ0n) is 10.9. The number of nitriles is 1. The molecule has 0 aliphatic carbocycles. The minimum atomic E-state index is -1.39. The summed E-state index contributed by atoms with van der Waals surface area (Å²) in [6.07, 6.45) is -1.04. The van der Waals surface area contributed by atoms with Crippen molar-refractivity contribution < 1.29 is 23.9 Å².